The van der Waals surface area contributed by atoms with E-state index in [2.05, 4.69) is 74.6 Å². The van der Waals surface area contributed by atoms with Crippen molar-refractivity contribution >= 4 is 75.6 Å². The van der Waals surface area contributed by atoms with Gasteiger partial charge in [-0.05, 0) is 81.3 Å². The molecule has 1 fully saturated rings. The van der Waals surface area contributed by atoms with Gasteiger partial charge in [-0.15, -0.1) is 0 Å². The lowest BCUT2D eigenvalue weighted by atomic mass is 9.92. The van der Waals surface area contributed by atoms with Gasteiger partial charge >= 0.3 is 0 Å². The molecular formula is C45H65N19O3. The Labute approximate surface area is 391 Å². The summed E-state index contributed by atoms with van der Waals surface area (Å²) in [7, 11) is 3.10. The molecule has 3 aromatic rings. The van der Waals surface area contributed by atoms with Crippen molar-refractivity contribution in [1.82, 2.24) is 21.7 Å². The Kier molecular flexibility index (Phi) is 19.3. The minimum Gasteiger partial charge on any atom is -0.378 e. The number of hydrazone groups is 4. The predicted molar refractivity (Wildman–Crippen MR) is 271 cm³/mol. The van der Waals surface area contributed by atoms with Gasteiger partial charge in [-0.3, -0.25) is 30.4 Å². The highest BCUT2D eigenvalue weighted by Gasteiger charge is 2.22. The van der Waals surface area contributed by atoms with E-state index in [1.165, 1.54) is 6.07 Å². The number of anilines is 3. The Morgan fingerprint density at radius 1 is 0.627 bits per heavy atom. The lowest BCUT2D eigenvalue weighted by Gasteiger charge is -2.29. The smallest absolute Gasteiger partial charge is 0.255 e. The van der Waals surface area contributed by atoms with Gasteiger partial charge in [0.15, 0.2) is 0 Å². The maximum atomic E-state index is 14.5. The summed E-state index contributed by atoms with van der Waals surface area (Å²) in [5.41, 5.74) is 40.2. The third-order valence-corrected chi connectivity index (χ3v) is 10.6. The van der Waals surface area contributed by atoms with Gasteiger partial charge in [0.05, 0.1) is 36.1 Å². The van der Waals surface area contributed by atoms with Gasteiger partial charge in [-0.1, -0.05) is 34.1 Å². The number of ether oxygens (including phenoxy) is 1. The molecule has 3 aromatic carbocycles. The van der Waals surface area contributed by atoms with E-state index >= 15 is 0 Å². The maximum Gasteiger partial charge on any atom is 0.255 e. The van der Waals surface area contributed by atoms with Crippen molar-refractivity contribution in [2.45, 2.75) is 60.8 Å². The van der Waals surface area contributed by atoms with Crippen LogP contribution in [-0.4, -0.2) is 98.9 Å². The molecule has 22 nitrogen and oxygen atoms in total. The quantitative estimate of drug-likeness (QED) is 0.0496. The van der Waals surface area contributed by atoms with Crippen LogP contribution in [0.4, 0.5) is 17.1 Å². The van der Waals surface area contributed by atoms with E-state index in [0.29, 0.717) is 88.5 Å². The van der Waals surface area contributed by atoms with Crippen LogP contribution in [0, 0.1) is 22.7 Å². The first kappa shape index (κ1) is 51.8. The molecule has 0 spiro atoms. The lowest BCUT2D eigenvalue weighted by Crippen LogP contribution is -2.36. The molecule has 0 aliphatic carbocycles. The summed E-state index contributed by atoms with van der Waals surface area (Å²) < 4.78 is 5.63. The van der Waals surface area contributed by atoms with Crippen LogP contribution in [0.1, 0.15) is 104 Å². The van der Waals surface area contributed by atoms with Gasteiger partial charge < -0.3 is 43.2 Å². The molecule has 0 bridgehead atoms. The summed E-state index contributed by atoms with van der Waals surface area (Å²) in [5.74, 6) is -1.51. The van der Waals surface area contributed by atoms with Crippen LogP contribution in [0.15, 0.2) is 85.0 Å². The third-order valence-electron chi connectivity index (χ3n) is 10.6. The van der Waals surface area contributed by atoms with Crippen molar-refractivity contribution in [3.8, 4) is 0 Å². The molecule has 0 radical (unpaired) electrons. The number of nitrogens with two attached hydrogens (primary N) is 4. The normalized spacial score (nSPS) is 15.0. The van der Waals surface area contributed by atoms with E-state index in [4.69, 9.17) is 38.5 Å². The number of guanidine groups is 4. The second-order valence-electron chi connectivity index (χ2n) is 15.8. The number of amides is 2. The number of carbonyl (C=O) groups is 2. The van der Waals surface area contributed by atoms with Crippen molar-refractivity contribution < 1.29 is 14.3 Å². The Hall–Kier alpha value is -7.88. The molecule has 2 atom stereocenters. The molecule has 358 valence electrons. The summed E-state index contributed by atoms with van der Waals surface area (Å²) >= 11 is 0. The van der Waals surface area contributed by atoms with Crippen LogP contribution in [0.5, 0.6) is 0 Å². The summed E-state index contributed by atoms with van der Waals surface area (Å²) in [6, 6.07) is 15.8. The van der Waals surface area contributed by atoms with Crippen molar-refractivity contribution in [3.05, 3.63) is 88.0 Å². The van der Waals surface area contributed by atoms with Gasteiger partial charge in [0.25, 0.3) is 11.8 Å². The molecule has 22 heteroatoms. The summed E-state index contributed by atoms with van der Waals surface area (Å²) in [5, 5.41) is 39.0. The van der Waals surface area contributed by atoms with Gasteiger partial charge in [-0.2, -0.15) is 20.4 Å². The number of aliphatic imine (C=N–C) groups is 2. The number of hydrogen-bond donors (Lipinski definition) is 12. The first-order valence-corrected chi connectivity index (χ1v) is 21.8. The van der Waals surface area contributed by atoms with E-state index in [1.807, 2.05) is 32.9 Å². The van der Waals surface area contributed by atoms with E-state index in [9.17, 15) is 9.59 Å². The Balaban J connectivity index is 1.85. The van der Waals surface area contributed by atoms with Crippen molar-refractivity contribution in [2.75, 3.05) is 55.9 Å². The van der Waals surface area contributed by atoms with Crippen molar-refractivity contribution in [3.63, 3.8) is 0 Å². The van der Waals surface area contributed by atoms with Crippen LogP contribution in [0.2, 0.25) is 0 Å². The molecule has 1 aliphatic rings. The molecule has 67 heavy (non-hydrogen) atoms. The topological polar surface area (TPSA) is 345 Å². The van der Waals surface area contributed by atoms with Crippen LogP contribution in [0.3, 0.4) is 0 Å². The molecule has 16 N–H and O–H groups in total. The Bertz CT molecular complexity index is 2470. The van der Waals surface area contributed by atoms with Gasteiger partial charge in [0, 0.05) is 89.5 Å². The first-order valence-electron chi connectivity index (χ1n) is 21.8. The second-order valence-corrected chi connectivity index (χ2v) is 15.8. The SMILES string of the molecule is CCCC(C)/C(=N\NC(N)=NC)c1cc(NC(=O)c2cc(C(=O)Nc3cc(/C(C)=N/NC(=N)N)cc(/C(=N/NC(N)=NC)C(C)CC)c3)cc(N3CCOCC3)c2)cc(/C(C)=N/NC(=N)N)c1. The van der Waals surface area contributed by atoms with Gasteiger partial charge in [0.1, 0.15) is 0 Å². The molecule has 0 saturated carbocycles. The third kappa shape index (κ3) is 15.4. The highest BCUT2D eigenvalue weighted by Crippen LogP contribution is 2.27. The second kappa shape index (κ2) is 25.0. The average molecular weight is 920 g/mol. The zero-order valence-electron chi connectivity index (χ0n) is 39.5. The molecule has 2 amide bonds. The average Bonchev–Trinajstić information content (AvgIpc) is 3.32. The highest BCUT2D eigenvalue weighted by molar-refractivity contribution is 6.13. The van der Waals surface area contributed by atoms with Crippen LogP contribution < -0.4 is 60.2 Å². The zero-order chi connectivity index (χ0) is 49.2. The Morgan fingerprint density at radius 2 is 1.04 bits per heavy atom. The van der Waals surface area contributed by atoms with Crippen molar-refractivity contribution in [2.24, 2.45) is 65.2 Å². The summed E-state index contributed by atoms with van der Waals surface area (Å²) in [4.78, 5) is 38.9. The van der Waals surface area contributed by atoms with Gasteiger partial charge in [0.2, 0.25) is 23.8 Å². The van der Waals surface area contributed by atoms with Gasteiger partial charge in [-0.25, -0.2) is 21.7 Å². The number of hydrogen-bond acceptors (Lipinski definition) is 12. The highest BCUT2D eigenvalue weighted by atomic mass is 16.5. The number of nitrogens with zero attached hydrogens (tertiary/aromatic N) is 7. The summed E-state index contributed by atoms with van der Waals surface area (Å²) in [6.07, 6.45) is 2.42. The van der Waals surface area contributed by atoms with Crippen molar-refractivity contribution in [1.29, 1.82) is 10.8 Å². The number of benzene rings is 3. The molecule has 0 aromatic heterocycles. The van der Waals surface area contributed by atoms with Crippen LogP contribution in [-0.2, 0) is 4.74 Å². The molecular weight excluding hydrogens is 855 g/mol. The number of morpholine rings is 1. The fourth-order valence-corrected chi connectivity index (χ4v) is 6.83. The zero-order valence-corrected chi connectivity index (χ0v) is 39.5. The fourth-order valence-electron chi connectivity index (χ4n) is 6.83. The maximum absolute atomic E-state index is 14.5. The van der Waals surface area contributed by atoms with E-state index in [1.54, 1.807) is 64.3 Å². The minimum absolute atomic E-state index is 0.0371. The monoisotopic (exact) mass is 920 g/mol. The van der Waals surface area contributed by atoms with Crippen LogP contribution >= 0.6 is 0 Å². The number of nitrogens with one attached hydrogen (secondary N) is 8. The minimum atomic E-state index is -0.492. The first-order chi connectivity index (χ1) is 32.0. The fraction of sp³-hybridized carbons (Fsp3) is 0.378. The van der Waals surface area contributed by atoms with E-state index in [0.717, 1.165) is 19.3 Å². The Morgan fingerprint density at radius 3 is 1.45 bits per heavy atom. The molecule has 1 aliphatic heterocycles. The largest absolute Gasteiger partial charge is 0.378 e. The summed E-state index contributed by atoms with van der Waals surface area (Å²) in [6.45, 7) is 13.7. The molecule has 1 heterocycles. The predicted octanol–water partition coefficient (Wildman–Crippen LogP) is 3.40. The van der Waals surface area contributed by atoms with Crippen LogP contribution in [0.25, 0.3) is 0 Å². The standard InChI is InChI=1S/C45H65N19O3/c1-9-11-26(4)39(59-63-45(51)53-8)32-17-30(28(6)57-61-43(48)49)20-36(22-32)55-41(66)34-18-33(23-37(24-34)64-12-14-67-15-13-64)40(65)54-35-19-29(27(5)56-60-42(46)47)16-31(21-35)38(25(3)10-2)58-62-44(50)52-7/h16-26H,9-15H2,1-8H3,(H,54,65)(H,55,66)(H4,46,47,60)(H4,48,49,61)(H3,50,52,62)(H3,51,53,63)/b56-27+,57-28+,58-38+,59-39+. The number of rotatable bonds is 18. The number of carbonyl (C=O) groups excluding carboxylic acids is 2. The molecule has 2 unspecified atom stereocenters. The lowest BCUT2D eigenvalue weighted by molar-refractivity contribution is 0.102. The molecule has 4 rings (SSSR count). The molecule has 1 saturated heterocycles. The van der Waals surface area contributed by atoms with E-state index < -0.39 is 11.8 Å². The van der Waals surface area contributed by atoms with E-state index in [-0.39, 0.29) is 46.8 Å².